The fourth-order valence-corrected chi connectivity index (χ4v) is 3.07. The normalized spacial score (nSPS) is 13.3. The molecular weight excluding hydrogens is 364 g/mol. The van der Waals surface area contributed by atoms with Gasteiger partial charge in [-0.15, -0.1) is 0 Å². The van der Waals surface area contributed by atoms with E-state index in [1.165, 1.54) is 10.7 Å². The zero-order valence-corrected chi connectivity index (χ0v) is 15.3. The molecule has 1 aromatic heterocycles. The van der Waals surface area contributed by atoms with Crippen molar-refractivity contribution in [1.82, 2.24) is 19.7 Å². The van der Waals surface area contributed by atoms with Gasteiger partial charge in [0.25, 0.3) is 5.91 Å². The SMILES string of the molecule is NC(=O)CNC(=O)c1cccc(NC(=O)Cn2nc3n(c2=O)CCCCC3)c1. The molecule has 0 radical (unpaired) electrons. The molecule has 4 N–H and O–H groups in total. The molecule has 0 unspecified atom stereocenters. The summed E-state index contributed by atoms with van der Waals surface area (Å²) in [5.74, 6) is -0.848. The van der Waals surface area contributed by atoms with Crippen LogP contribution in [0.2, 0.25) is 0 Å². The summed E-state index contributed by atoms with van der Waals surface area (Å²) in [5, 5.41) is 9.30. The lowest BCUT2D eigenvalue weighted by molar-refractivity contribution is -0.117. The Morgan fingerprint density at radius 2 is 2.00 bits per heavy atom. The molecule has 28 heavy (non-hydrogen) atoms. The number of carbonyl (C=O) groups excluding carboxylic acids is 3. The Morgan fingerprint density at radius 1 is 1.18 bits per heavy atom. The van der Waals surface area contributed by atoms with Gasteiger partial charge in [0.05, 0.1) is 6.54 Å². The molecule has 0 aliphatic carbocycles. The van der Waals surface area contributed by atoms with E-state index in [1.54, 1.807) is 22.8 Å². The highest BCUT2D eigenvalue weighted by Crippen LogP contribution is 2.12. The second-order valence-electron chi connectivity index (χ2n) is 6.60. The van der Waals surface area contributed by atoms with Gasteiger partial charge in [-0.25, -0.2) is 9.48 Å². The minimum atomic E-state index is -0.651. The second-order valence-corrected chi connectivity index (χ2v) is 6.60. The van der Waals surface area contributed by atoms with Crippen molar-refractivity contribution < 1.29 is 14.4 Å². The summed E-state index contributed by atoms with van der Waals surface area (Å²) in [6.45, 7) is 0.137. The summed E-state index contributed by atoms with van der Waals surface area (Å²) < 4.78 is 2.80. The van der Waals surface area contributed by atoms with Crippen molar-refractivity contribution in [1.29, 1.82) is 0 Å². The zero-order chi connectivity index (χ0) is 20.1. The Kier molecular flexibility index (Phi) is 5.87. The van der Waals surface area contributed by atoms with Crippen LogP contribution in [0.25, 0.3) is 0 Å². The Balaban J connectivity index is 1.66. The van der Waals surface area contributed by atoms with Crippen LogP contribution in [-0.2, 0) is 29.1 Å². The van der Waals surface area contributed by atoms with E-state index in [2.05, 4.69) is 15.7 Å². The van der Waals surface area contributed by atoms with Gasteiger partial charge in [0.1, 0.15) is 12.4 Å². The third-order valence-electron chi connectivity index (χ3n) is 4.41. The topological polar surface area (TPSA) is 141 Å². The predicted molar refractivity (Wildman–Crippen MR) is 101 cm³/mol. The van der Waals surface area contributed by atoms with Crippen LogP contribution in [0.1, 0.15) is 35.4 Å². The van der Waals surface area contributed by atoms with E-state index in [9.17, 15) is 19.2 Å². The van der Waals surface area contributed by atoms with Crippen LogP contribution in [0.5, 0.6) is 0 Å². The molecule has 2 heterocycles. The molecule has 10 heteroatoms. The van der Waals surface area contributed by atoms with Gasteiger partial charge in [-0.2, -0.15) is 5.10 Å². The lowest BCUT2D eigenvalue weighted by Gasteiger charge is -2.07. The molecule has 10 nitrogen and oxygen atoms in total. The van der Waals surface area contributed by atoms with Gasteiger partial charge in [-0.05, 0) is 31.0 Å². The summed E-state index contributed by atoms with van der Waals surface area (Å²) in [6.07, 6.45) is 3.70. The number of rotatable bonds is 6. The summed E-state index contributed by atoms with van der Waals surface area (Å²) >= 11 is 0. The zero-order valence-electron chi connectivity index (χ0n) is 15.3. The molecule has 3 rings (SSSR count). The molecule has 0 saturated carbocycles. The molecule has 0 atom stereocenters. The van der Waals surface area contributed by atoms with E-state index in [4.69, 9.17) is 5.73 Å². The van der Waals surface area contributed by atoms with E-state index in [0.717, 1.165) is 25.7 Å². The molecule has 1 aromatic carbocycles. The number of carbonyl (C=O) groups is 3. The first-order valence-corrected chi connectivity index (χ1v) is 9.07. The molecule has 0 fully saturated rings. The number of anilines is 1. The Morgan fingerprint density at radius 3 is 2.79 bits per heavy atom. The van der Waals surface area contributed by atoms with Crippen LogP contribution < -0.4 is 22.1 Å². The number of primary amides is 1. The fraction of sp³-hybridized carbons (Fsp3) is 0.389. The molecule has 3 amide bonds. The molecule has 0 saturated heterocycles. The molecule has 1 aliphatic heterocycles. The maximum atomic E-state index is 12.4. The van der Waals surface area contributed by atoms with Crippen molar-refractivity contribution in [3.05, 3.63) is 46.1 Å². The summed E-state index contributed by atoms with van der Waals surface area (Å²) in [4.78, 5) is 47.5. The number of nitrogens with two attached hydrogens (primary N) is 1. The van der Waals surface area contributed by atoms with Gasteiger partial charge >= 0.3 is 5.69 Å². The number of fused-ring (bicyclic) bond motifs is 1. The van der Waals surface area contributed by atoms with Gasteiger partial charge < -0.3 is 16.4 Å². The molecule has 1 aliphatic rings. The Bertz CT molecular complexity index is 961. The van der Waals surface area contributed by atoms with Gasteiger partial charge in [0.2, 0.25) is 11.8 Å². The van der Waals surface area contributed by atoms with Crippen molar-refractivity contribution in [3.8, 4) is 0 Å². The monoisotopic (exact) mass is 386 g/mol. The summed E-state index contributed by atoms with van der Waals surface area (Å²) in [7, 11) is 0. The number of nitrogens with zero attached hydrogens (tertiary/aromatic N) is 3. The number of hydrogen-bond donors (Lipinski definition) is 3. The van der Waals surface area contributed by atoms with E-state index < -0.39 is 17.7 Å². The molecule has 0 bridgehead atoms. The first-order valence-electron chi connectivity index (χ1n) is 9.07. The lowest BCUT2D eigenvalue weighted by atomic mass is 10.2. The van der Waals surface area contributed by atoms with Gasteiger partial charge in [-0.3, -0.25) is 19.0 Å². The molecule has 0 spiro atoms. The van der Waals surface area contributed by atoms with Crippen LogP contribution in [0.15, 0.2) is 29.1 Å². The summed E-state index contributed by atoms with van der Waals surface area (Å²) in [5.41, 5.74) is 5.38. The lowest BCUT2D eigenvalue weighted by Crippen LogP contribution is -2.33. The van der Waals surface area contributed by atoms with Crippen molar-refractivity contribution in [3.63, 3.8) is 0 Å². The van der Waals surface area contributed by atoms with Crippen LogP contribution in [-0.4, -0.2) is 38.6 Å². The number of nitrogens with one attached hydrogen (secondary N) is 2. The van der Waals surface area contributed by atoms with Crippen molar-refractivity contribution in [2.45, 2.75) is 38.8 Å². The first kappa shape index (κ1) is 19.3. The number of amides is 3. The number of benzene rings is 1. The van der Waals surface area contributed by atoms with Crippen LogP contribution >= 0.6 is 0 Å². The maximum absolute atomic E-state index is 12.4. The predicted octanol–water partition coefficient (Wildman–Crippen LogP) is -0.375. The standard InChI is InChI=1S/C18H22N6O4/c19-14(25)10-20-17(27)12-5-4-6-13(9-12)21-16(26)11-24-18(28)23-8-3-1-2-7-15(23)22-24/h4-6,9H,1-3,7-8,10-11H2,(H2,19,25)(H,20,27)(H,21,26). The smallest absolute Gasteiger partial charge is 0.346 e. The highest BCUT2D eigenvalue weighted by molar-refractivity contribution is 5.98. The highest BCUT2D eigenvalue weighted by atomic mass is 16.2. The van der Waals surface area contributed by atoms with Crippen LogP contribution in [0, 0.1) is 0 Å². The average Bonchev–Trinajstić information content (AvgIpc) is 2.83. The van der Waals surface area contributed by atoms with Crippen molar-refractivity contribution in [2.24, 2.45) is 5.73 Å². The number of aryl methyl sites for hydroxylation is 1. The van der Waals surface area contributed by atoms with E-state index in [1.807, 2.05) is 0 Å². The fourth-order valence-electron chi connectivity index (χ4n) is 3.07. The number of aromatic nitrogens is 3. The minimum absolute atomic E-state index is 0.211. The first-order chi connectivity index (χ1) is 13.4. The molecule has 2 aromatic rings. The van der Waals surface area contributed by atoms with Gasteiger partial charge in [-0.1, -0.05) is 12.5 Å². The van der Waals surface area contributed by atoms with E-state index in [0.29, 0.717) is 18.1 Å². The second kappa shape index (κ2) is 8.51. The third kappa shape index (κ3) is 4.64. The maximum Gasteiger partial charge on any atom is 0.346 e. The quantitative estimate of drug-likeness (QED) is 0.621. The number of hydrogen-bond acceptors (Lipinski definition) is 5. The van der Waals surface area contributed by atoms with Crippen LogP contribution in [0.4, 0.5) is 5.69 Å². The summed E-state index contributed by atoms with van der Waals surface area (Å²) in [6, 6.07) is 6.23. The minimum Gasteiger partial charge on any atom is -0.368 e. The Hall–Kier alpha value is -3.43. The average molecular weight is 386 g/mol. The van der Waals surface area contributed by atoms with Gasteiger partial charge in [0, 0.05) is 24.2 Å². The van der Waals surface area contributed by atoms with Crippen molar-refractivity contribution >= 4 is 23.4 Å². The highest BCUT2D eigenvalue weighted by Gasteiger charge is 2.17. The molecular formula is C18H22N6O4. The largest absolute Gasteiger partial charge is 0.368 e. The van der Waals surface area contributed by atoms with E-state index in [-0.39, 0.29) is 24.3 Å². The third-order valence-corrected chi connectivity index (χ3v) is 4.41. The van der Waals surface area contributed by atoms with Crippen LogP contribution in [0.3, 0.4) is 0 Å². The van der Waals surface area contributed by atoms with E-state index >= 15 is 0 Å². The Labute approximate surface area is 160 Å². The molecule has 148 valence electrons. The van der Waals surface area contributed by atoms with Gasteiger partial charge in [0.15, 0.2) is 0 Å². The van der Waals surface area contributed by atoms with Crippen molar-refractivity contribution in [2.75, 3.05) is 11.9 Å².